The Hall–Kier alpha value is -1.51. The maximum absolute atomic E-state index is 11.9. The van der Waals surface area contributed by atoms with Crippen molar-refractivity contribution in [2.45, 2.75) is 20.3 Å². The molecule has 0 spiro atoms. The molecule has 3 nitrogen and oxygen atoms in total. The van der Waals surface area contributed by atoms with Gasteiger partial charge in [0.1, 0.15) is 0 Å². The van der Waals surface area contributed by atoms with Crippen molar-refractivity contribution in [2.24, 2.45) is 0 Å². The van der Waals surface area contributed by atoms with Crippen molar-refractivity contribution in [2.75, 3.05) is 25.5 Å². The largest absolute Gasteiger partial charge is 0.328 e. The third kappa shape index (κ3) is 2.75. The Morgan fingerprint density at radius 3 is 2.12 bits per heavy atom. The van der Waals surface area contributed by atoms with E-state index in [9.17, 15) is 4.79 Å². The molecule has 1 aromatic carbocycles. The van der Waals surface area contributed by atoms with Crippen LogP contribution in [-0.2, 0) is 6.42 Å². The third-order valence-corrected chi connectivity index (χ3v) is 2.82. The number of hydrogen-bond acceptors (Lipinski definition) is 1. The molecule has 88 valence electrons. The van der Waals surface area contributed by atoms with E-state index in [0.29, 0.717) is 0 Å². The van der Waals surface area contributed by atoms with E-state index < -0.39 is 0 Å². The summed E-state index contributed by atoms with van der Waals surface area (Å²) in [6.45, 7) is 4.80. The topological polar surface area (TPSA) is 23.6 Å². The number of nitrogens with zero attached hydrogens (tertiary/aromatic N) is 2. The summed E-state index contributed by atoms with van der Waals surface area (Å²) in [5, 5.41) is 0. The molecular formula is C13H20N2O. The van der Waals surface area contributed by atoms with Crippen LogP contribution < -0.4 is 4.90 Å². The van der Waals surface area contributed by atoms with Gasteiger partial charge in [-0.3, -0.25) is 4.90 Å². The molecule has 3 heteroatoms. The van der Waals surface area contributed by atoms with Crippen LogP contribution in [0.5, 0.6) is 0 Å². The number of aryl methyl sites for hydroxylation is 1. The average Bonchev–Trinajstić information content (AvgIpc) is 2.36. The summed E-state index contributed by atoms with van der Waals surface area (Å²) in [5.41, 5.74) is 2.22. The van der Waals surface area contributed by atoms with E-state index >= 15 is 0 Å². The SMILES string of the molecule is CCc1ccc(N(C)C(=O)N(C)CC)cc1. The summed E-state index contributed by atoms with van der Waals surface area (Å²) in [5.74, 6) is 0. The maximum Gasteiger partial charge on any atom is 0.323 e. The molecule has 2 amide bonds. The van der Waals surface area contributed by atoms with E-state index in [-0.39, 0.29) is 6.03 Å². The minimum atomic E-state index is 0.0201. The van der Waals surface area contributed by atoms with Crippen molar-refractivity contribution in [3.63, 3.8) is 0 Å². The molecule has 0 aliphatic rings. The second-order valence-corrected chi connectivity index (χ2v) is 3.88. The van der Waals surface area contributed by atoms with Gasteiger partial charge in [-0.15, -0.1) is 0 Å². The Morgan fingerprint density at radius 2 is 1.69 bits per heavy atom. The molecule has 0 saturated carbocycles. The van der Waals surface area contributed by atoms with Crippen molar-refractivity contribution in [1.29, 1.82) is 0 Å². The molecule has 0 fully saturated rings. The lowest BCUT2D eigenvalue weighted by Gasteiger charge is -2.24. The Labute approximate surface area is 97.7 Å². The number of urea groups is 1. The number of benzene rings is 1. The first-order valence-electron chi connectivity index (χ1n) is 5.67. The van der Waals surface area contributed by atoms with E-state index in [1.165, 1.54) is 5.56 Å². The minimum Gasteiger partial charge on any atom is -0.328 e. The number of carbonyl (C=O) groups excluding carboxylic acids is 1. The number of anilines is 1. The lowest BCUT2D eigenvalue weighted by atomic mass is 10.1. The normalized spacial score (nSPS) is 10.0. The van der Waals surface area contributed by atoms with Crippen LogP contribution in [0.3, 0.4) is 0 Å². The fourth-order valence-electron chi connectivity index (χ4n) is 1.46. The van der Waals surface area contributed by atoms with Crippen LogP contribution in [0.1, 0.15) is 19.4 Å². The number of amides is 2. The highest BCUT2D eigenvalue weighted by Crippen LogP contribution is 2.15. The average molecular weight is 220 g/mol. The number of carbonyl (C=O) groups is 1. The predicted molar refractivity (Wildman–Crippen MR) is 67.9 cm³/mol. The van der Waals surface area contributed by atoms with Gasteiger partial charge in [-0.1, -0.05) is 19.1 Å². The summed E-state index contributed by atoms with van der Waals surface area (Å²) in [6.07, 6.45) is 1.02. The Kier molecular flexibility index (Phi) is 4.35. The fourth-order valence-corrected chi connectivity index (χ4v) is 1.46. The Bertz CT molecular complexity index is 345. The first-order chi connectivity index (χ1) is 7.60. The molecule has 0 heterocycles. The molecule has 0 bridgehead atoms. The number of rotatable bonds is 3. The summed E-state index contributed by atoms with van der Waals surface area (Å²) in [6, 6.07) is 8.11. The monoisotopic (exact) mass is 220 g/mol. The van der Waals surface area contributed by atoms with Gasteiger partial charge >= 0.3 is 6.03 Å². The quantitative estimate of drug-likeness (QED) is 0.768. The van der Waals surface area contributed by atoms with Gasteiger partial charge in [0, 0.05) is 26.3 Å². The third-order valence-electron chi connectivity index (χ3n) is 2.82. The summed E-state index contributed by atoms with van der Waals surface area (Å²) < 4.78 is 0. The van der Waals surface area contributed by atoms with Gasteiger partial charge in [-0.2, -0.15) is 0 Å². The molecule has 0 aromatic heterocycles. The zero-order valence-electron chi connectivity index (χ0n) is 10.5. The molecular weight excluding hydrogens is 200 g/mol. The zero-order valence-corrected chi connectivity index (χ0v) is 10.5. The van der Waals surface area contributed by atoms with E-state index in [1.54, 1.807) is 23.9 Å². The van der Waals surface area contributed by atoms with Crippen molar-refractivity contribution in [3.05, 3.63) is 29.8 Å². The smallest absolute Gasteiger partial charge is 0.323 e. The van der Waals surface area contributed by atoms with Gasteiger partial charge < -0.3 is 4.90 Å². The van der Waals surface area contributed by atoms with Gasteiger partial charge in [0.25, 0.3) is 0 Å². The highest BCUT2D eigenvalue weighted by Gasteiger charge is 2.13. The molecule has 0 aliphatic carbocycles. The molecule has 0 N–H and O–H groups in total. The Balaban J connectivity index is 2.79. The van der Waals surface area contributed by atoms with Crippen LogP contribution in [0.4, 0.5) is 10.5 Å². The van der Waals surface area contributed by atoms with E-state index in [4.69, 9.17) is 0 Å². The maximum atomic E-state index is 11.9. The zero-order chi connectivity index (χ0) is 12.1. The first kappa shape index (κ1) is 12.6. The van der Waals surface area contributed by atoms with Crippen LogP contribution in [0.2, 0.25) is 0 Å². The molecule has 16 heavy (non-hydrogen) atoms. The second kappa shape index (κ2) is 5.54. The summed E-state index contributed by atoms with van der Waals surface area (Å²) >= 11 is 0. The lowest BCUT2D eigenvalue weighted by Crippen LogP contribution is -2.38. The van der Waals surface area contributed by atoms with E-state index in [0.717, 1.165) is 18.7 Å². The van der Waals surface area contributed by atoms with Crippen LogP contribution in [0.25, 0.3) is 0 Å². The Morgan fingerprint density at radius 1 is 1.12 bits per heavy atom. The highest BCUT2D eigenvalue weighted by molar-refractivity contribution is 5.91. The summed E-state index contributed by atoms with van der Waals surface area (Å²) in [4.78, 5) is 15.2. The van der Waals surface area contributed by atoms with Gasteiger partial charge in [-0.25, -0.2) is 4.79 Å². The van der Waals surface area contributed by atoms with Crippen molar-refractivity contribution in [3.8, 4) is 0 Å². The standard InChI is InChI=1S/C13H20N2O/c1-5-11-7-9-12(10-8-11)15(4)13(16)14(3)6-2/h7-10H,5-6H2,1-4H3. The minimum absolute atomic E-state index is 0.0201. The molecule has 0 unspecified atom stereocenters. The molecule has 0 radical (unpaired) electrons. The van der Waals surface area contributed by atoms with Crippen molar-refractivity contribution < 1.29 is 4.79 Å². The van der Waals surface area contributed by atoms with Gasteiger partial charge in [0.15, 0.2) is 0 Å². The van der Waals surface area contributed by atoms with Crippen LogP contribution in [0.15, 0.2) is 24.3 Å². The van der Waals surface area contributed by atoms with Crippen molar-refractivity contribution in [1.82, 2.24) is 4.90 Å². The summed E-state index contributed by atoms with van der Waals surface area (Å²) in [7, 11) is 3.61. The van der Waals surface area contributed by atoms with Crippen LogP contribution in [0, 0.1) is 0 Å². The molecule has 1 rings (SSSR count). The van der Waals surface area contributed by atoms with Gasteiger partial charge in [0.05, 0.1) is 0 Å². The van der Waals surface area contributed by atoms with Crippen LogP contribution in [-0.4, -0.2) is 31.6 Å². The number of hydrogen-bond donors (Lipinski definition) is 0. The van der Waals surface area contributed by atoms with Crippen molar-refractivity contribution >= 4 is 11.7 Å². The molecule has 0 saturated heterocycles. The predicted octanol–water partition coefficient (Wildman–Crippen LogP) is 2.76. The van der Waals surface area contributed by atoms with Crippen LogP contribution >= 0.6 is 0 Å². The van der Waals surface area contributed by atoms with Gasteiger partial charge in [0.2, 0.25) is 0 Å². The molecule has 1 aromatic rings. The van der Waals surface area contributed by atoms with E-state index in [2.05, 4.69) is 19.1 Å². The fraction of sp³-hybridized carbons (Fsp3) is 0.462. The molecule has 0 aliphatic heterocycles. The van der Waals surface area contributed by atoms with E-state index in [1.807, 2.05) is 19.1 Å². The highest BCUT2D eigenvalue weighted by atomic mass is 16.2. The van der Waals surface area contributed by atoms with Gasteiger partial charge in [-0.05, 0) is 31.0 Å². The second-order valence-electron chi connectivity index (χ2n) is 3.88. The lowest BCUT2D eigenvalue weighted by molar-refractivity contribution is 0.219. The first-order valence-corrected chi connectivity index (χ1v) is 5.67. The molecule has 0 atom stereocenters.